The predicted octanol–water partition coefficient (Wildman–Crippen LogP) is 3.94. The molecular formula is C27H44N4O2. The first-order chi connectivity index (χ1) is 15.7. The number of nitrogens with one attached hydrogen (secondary N) is 1. The van der Waals surface area contributed by atoms with Gasteiger partial charge in [0, 0.05) is 25.2 Å². The van der Waals surface area contributed by atoms with Crippen LogP contribution < -0.4 is 5.43 Å². The highest BCUT2D eigenvalue weighted by Gasteiger charge is 2.66. The van der Waals surface area contributed by atoms with Gasteiger partial charge in [0.1, 0.15) is 0 Å². The van der Waals surface area contributed by atoms with Crippen LogP contribution in [0.4, 0.5) is 0 Å². The second kappa shape index (κ2) is 8.37. The fourth-order valence-corrected chi connectivity index (χ4v) is 8.72. The number of hydrogen-bond donors (Lipinski definition) is 3. The molecule has 0 spiro atoms. The van der Waals surface area contributed by atoms with Crippen molar-refractivity contribution in [1.29, 1.82) is 0 Å². The van der Waals surface area contributed by atoms with Crippen LogP contribution >= 0.6 is 0 Å². The minimum atomic E-state index is -0.571. The van der Waals surface area contributed by atoms with Crippen molar-refractivity contribution in [2.75, 3.05) is 20.1 Å². The molecule has 1 heterocycles. The van der Waals surface area contributed by atoms with Crippen LogP contribution in [0.1, 0.15) is 78.6 Å². The molecule has 4 fully saturated rings. The molecular weight excluding hydrogens is 412 g/mol. The lowest BCUT2D eigenvalue weighted by molar-refractivity contribution is -0.207. The lowest BCUT2D eigenvalue weighted by Crippen LogP contribution is -2.62. The summed E-state index contributed by atoms with van der Waals surface area (Å²) in [6, 6.07) is 0. The first-order valence-electron chi connectivity index (χ1n) is 13.3. The summed E-state index contributed by atoms with van der Waals surface area (Å²) in [5.41, 5.74) is 3.87. The number of hydrogen-bond acceptors (Lipinski definition) is 6. The van der Waals surface area contributed by atoms with E-state index in [9.17, 15) is 10.2 Å². The molecule has 6 heteroatoms. The molecule has 33 heavy (non-hydrogen) atoms. The Morgan fingerprint density at radius 1 is 1.12 bits per heavy atom. The molecule has 184 valence electrons. The fraction of sp³-hybridized carbons (Fsp3) is 0.852. The summed E-state index contributed by atoms with van der Waals surface area (Å²) in [6.45, 7) is 8.73. The van der Waals surface area contributed by atoms with Gasteiger partial charge in [0.15, 0.2) is 0 Å². The van der Waals surface area contributed by atoms with Gasteiger partial charge in [-0.15, -0.1) is 0 Å². The van der Waals surface area contributed by atoms with Gasteiger partial charge in [-0.2, -0.15) is 5.10 Å². The van der Waals surface area contributed by atoms with Crippen LogP contribution in [0.5, 0.6) is 0 Å². The van der Waals surface area contributed by atoms with Gasteiger partial charge >= 0.3 is 0 Å². The van der Waals surface area contributed by atoms with Gasteiger partial charge in [-0.3, -0.25) is 0 Å². The quantitative estimate of drug-likeness (QED) is 0.444. The second-order valence-corrected chi connectivity index (χ2v) is 12.4. The average Bonchev–Trinajstić information content (AvgIpc) is 3.29. The van der Waals surface area contributed by atoms with Gasteiger partial charge in [0.2, 0.25) is 5.96 Å². The number of nitrogens with zero attached hydrogens (tertiary/aromatic N) is 3. The SMILES string of the molecule is CC(/C=N/NC1=NCCN1C)=C\[C@H]1CC[C@]2(O)[C@@H]3CC[C@@H]4C[C@@H](O)CC[C@]4(C)[C@H]3CC[C@]12C. The van der Waals surface area contributed by atoms with Crippen molar-refractivity contribution < 1.29 is 10.2 Å². The normalized spacial score (nSPS) is 47.8. The van der Waals surface area contributed by atoms with E-state index in [-0.39, 0.29) is 16.9 Å². The Kier molecular flexibility index (Phi) is 5.92. The number of fused-ring (bicyclic) bond motifs is 5. The van der Waals surface area contributed by atoms with E-state index in [0.29, 0.717) is 23.7 Å². The van der Waals surface area contributed by atoms with Gasteiger partial charge in [0.25, 0.3) is 0 Å². The van der Waals surface area contributed by atoms with Gasteiger partial charge in [-0.1, -0.05) is 19.9 Å². The van der Waals surface area contributed by atoms with Crippen LogP contribution in [0.2, 0.25) is 0 Å². The van der Waals surface area contributed by atoms with E-state index >= 15 is 0 Å². The predicted molar refractivity (Wildman–Crippen MR) is 133 cm³/mol. The fourth-order valence-electron chi connectivity index (χ4n) is 8.72. The van der Waals surface area contributed by atoms with Crippen molar-refractivity contribution in [2.45, 2.75) is 90.3 Å². The zero-order valence-corrected chi connectivity index (χ0v) is 21.1. The number of aliphatic hydroxyl groups is 2. The maximum atomic E-state index is 12.3. The van der Waals surface area contributed by atoms with Crippen LogP contribution in [-0.2, 0) is 0 Å². The molecule has 0 saturated heterocycles. The average molecular weight is 457 g/mol. The number of aliphatic hydroxyl groups excluding tert-OH is 1. The number of likely N-dealkylation sites (N-methyl/N-ethyl adjacent to an activating group) is 1. The van der Waals surface area contributed by atoms with Crippen molar-refractivity contribution in [1.82, 2.24) is 10.3 Å². The molecule has 5 aliphatic rings. The first-order valence-corrected chi connectivity index (χ1v) is 13.3. The van der Waals surface area contributed by atoms with Crippen molar-refractivity contribution in [3.05, 3.63) is 11.6 Å². The van der Waals surface area contributed by atoms with Crippen molar-refractivity contribution in [3.63, 3.8) is 0 Å². The number of hydrazone groups is 1. The Bertz CT molecular complexity index is 855. The third-order valence-corrected chi connectivity index (χ3v) is 10.9. The molecule has 0 amide bonds. The van der Waals surface area contributed by atoms with E-state index in [2.05, 4.69) is 47.3 Å². The van der Waals surface area contributed by atoms with Gasteiger partial charge in [-0.05, 0) is 99.4 Å². The number of guanidine groups is 1. The van der Waals surface area contributed by atoms with Crippen molar-refractivity contribution in [3.8, 4) is 0 Å². The number of allylic oxidation sites excluding steroid dienone is 2. The van der Waals surface area contributed by atoms with E-state index in [0.717, 1.165) is 69.6 Å². The summed E-state index contributed by atoms with van der Waals surface area (Å²) >= 11 is 0. The summed E-state index contributed by atoms with van der Waals surface area (Å²) in [7, 11) is 2.02. The molecule has 0 aromatic carbocycles. The van der Waals surface area contributed by atoms with Crippen LogP contribution in [0.3, 0.4) is 0 Å². The molecule has 3 N–H and O–H groups in total. The molecule has 1 aliphatic heterocycles. The lowest BCUT2D eigenvalue weighted by atomic mass is 9.43. The molecule has 5 rings (SSSR count). The van der Waals surface area contributed by atoms with Crippen molar-refractivity contribution in [2.24, 2.45) is 44.6 Å². The third-order valence-electron chi connectivity index (χ3n) is 10.9. The first kappa shape index (κ1) is 23.3. The van der Waals surface area contributed by atoms with Crippen molar-refractivity contribution >= 4 is 12.2 Å². The molecule has 0 radical (unpaired) electrons. The monoisotopic (exact) mass is 456 g/mol. The standard InChI is InChI=1S/C27H44N4O2/c1-18(17-29-30-24-28-13-14-31(24)4)15-20-7-12-27(33)23-6-5-19-16-21(32)8-10-25(19,2)22(23)9-11-26(20,27)3/h15,17,19-23,32-33H,5-14,16H2,1-4H3,(H,28,30)/b18-15+,29-17+/t19-,20-,21+,22+,23-,25+,26-,27+/m1/s1. The second-order valence-electron chi connectivity index (χ2n) is 12.4. The number of rotatable bonds is 3. The molecule has 4 saturated carbocycles. The topological polar surface area (TPSA) is 80.5 Å². The highest BCUT2D eigenvalue weighted by molar-refractivity contribution is 5.84. The molecule has 0 aromatic rings. The molecule has 0 bridgehead atoms. The van der Waals surface area contributed by atoms with E-state index in [1.54, 1.807) is 0 Å². The number of aliphatic imine (C=N–C) groups is 1. The van der Waals surface area contributed by atoms with Crippen LogP contribution in [-0.4, -0.2) is 59.1 Å². The van der Waals surface area contributed by atoms with Crippen LogP contribution in [0.15, 0.2) is 21.7 Å². The summed E-state index contributed by atoms with van der Waals surface area (Å²) in [4.78, 5) is 6.50. The Hall–Kier alpha value is -1.40. The van der Waals surface area contributed by atoms with Gasteiger partial charge in [0.05, 0.1) is 18.2 Å². The zero-order chi connectivity index (χ0) is 23.4. The minimum Gasteiger partial charge on any atom is -0.393 e. The van der Waals surface area contributed by atoms with Gasteiger partial charge in [-0.25, -0.2) is 10.4 Å². The maximum Gasteiger partial charge on any atom is 0.214 e. The highest BCUT2D eigenvalue weighted by Crippen LogP contribution is 2.69. The van der Waals surface area contributed by atoms with Crippen LogP contribution in [0.25, 0.3) is 0 Å². The summed E-state index contributed by atoms with van der Waals surface area (Å²) in [6.07, 6.45) is 13.8. The van der Waals surface area contributed by atoms with E-state index in [1.165, 1.54) is 12.8 Å². The maximum absolute atomic E-state index is 12.3. The molecule has 0 unspecified atom stereocenters. The lowest BCUT2D eigenvalue weighted by Gasteiger charge is -2.63. The third kappa shape index (κ3) is 3.67. The Labute approximate surface area is 199 Å². The zero-order valence-electron chi connectivity index (χ0n) is 21.1. The summed E-state index contributed by atoms with van der Waals surface area (Å²) in [5.74, 6) is 2.85. The largest absolute Gasteiger partial charge is 0.393 e. The Morgan fingerprint density at radius 2 is 1.94 bits per heavy atom. The Balaban J connectivity index is 1.31. The Morgan fingerprint density at radius 3 is 2.70 bits per heavy atom. The minimum absolute atomic E-state index is 0.0656. The summed E-state index contributed by atoms with van der Waals surface area (Å²) < 4.78 is 0. The van der Waals surface area contributed by atoms with Gasteiger partial charge < -0.3 is 15.1 Å². The molecule has 0 aromatic heterocycles. The molecule has 6 nitrogen and oxygen atoms in total. The van der Waals surface area contributed by atoms with E-state index < -0.39 is 5.60 Å². The molecule has 8 atom stereocenters. The highest BCUT2D eigenvalue weighted by atomic mass is 16.3. The van der Waals surface area contributed by atoms with E-state index in [4.69, 9.17) is 0 Å². The summed E-state index contributed by atoms with van der Waals surface area (Å²) in [5, 5.41) is 27.0. The smallest absolute Gasteiger partial charge is 0.214 e. The van der Waals surface area contributed by atoms with E-state index in [1.807, 2.05) is 13.3 Å². The molecule has 4 aliphatic carbocycles. The van der Waals surface area contributed by atoms with Crippen LogP contribution in [0, 0.1) is 34.5 Å².